The smallest absolute Gasteiger partial charge is 0.248 e. The molecule has 3 heterocycles. The van der Waals surface area contributed by atoms with Gasteiger partial charge in [-0.3, -0.25) is 14.4 Å². The average molecular weight is 552 g/mol. The number of nitrogens with zero attached hydrogens (tertiary/aromatic N) is 3. The molecule has 3 aliphatic heterocycles. The summed E-state index contributed by atoms with van der Waals surface area (Å²) in [5.41, 5.74) is -1.25. The third-order valence-corrected chi connectivity index (χ3v) is 9.44. The maximum Gasteiger partial charge on any atom is 0.248 e. The second kappa shape index (κ2) is 11.9. The summed E-state index contributed by atoms with van der Waals surface area (Å²) in [6, 6.07) is 7.48. The van der Waals surface area contributed by atoms with Crippen LogP contribution in [-0.4, -0.2) is 87.6 Å². The summed E-state index contributed by atoms with van der Waals surface area (Å²) in [4.78, 5) is 48.2. The van der Waals surface area contributed by atoms with Gasteiger partial charge >= 0.3 is 0 Å². The van der Waals surface area contributed by atoms with Gasteiger partial charge in [-0.15, -0.1) is 13.2 Å². The molecule has 2 bridgehead atoms. The Hall–Kier alpha value is -2.97. The lowest BCUT2D eigenvalue weighted by Gasteiger charge is -2.41. The first kappa shape index (κ1) is 30.0. The Kier molecular flexibility index (Phi) is 8.90. The number of ether oxygens (including phenoxy) is 1. The van der Waals surface area contributed by atoms with Gasteiger partial charge in [-0.1, -0.05) is 62.8 Å². The summed E-state index contributed by atoms with van der Waals surface area (Å²) in [7, 11) is 1.71. The van der Waals surface area contributed by atoms with Gasteiger partial charge in [-0.2, -0.15) is 0 Å². The van der Waals surface area contributed by atoms with Gasteiger partial charge < -0.3 is 24.5 Å². The predicted molar refractivity (Wildman–Crippen MR) is 154 cm³/mol. The molecule has 40 heavy (non-hydrogen) atoms. The quantitative estimate of drug-likeness (QED) is 0.378. The fourth-order valence-electron chi connectivity index (χ4n) is 7.55. The number of fused-ring (bicyclic) bond motifs is 1. The summed E-state index contributed by atoms with van der Waals surface area (Å²) in [5, 5.41) is 10.7. The number of hydrogen-bond acceptors (Lipinski definition) is 5. The number of amides is 3. The van der Waals surface area contributed by atoms with Gasteiger partial charge in [0.25, 0.3) is 0 Å². The molecule has 4 rings (SSSR count). The van der Waals surface area contributed by atoms with E-state index in [9.17, 15) is 19.5 Å². The highest BCUT2D eigenvalue weighted by molar-refractivity contribution is 5.99. The van der Waals surface area contributed by atoms with E-state index in [1.807, 2.05) is 44.2 Å². The minimum atomic E-state index is -1.16. The second-order valence-electron chi connectivity index (χ2n) is 11.6. The van der Waals surface area contributed by atoms with E-state index in [1.165, 1.54) is 0 Å². The van der Waals surface area contributed by atoms with E-state index in [0.29, 0.717) is 32.4 Å². The van der Waals surface area contributed by atoms with Gasteiger partial charge in [0.05, 0.1) is 30.1 Å². The molecule has 3 fully saturated rings. The van der Waals surface area contributed by atoms with E-state index >= 15 is 0 Å². The summed E-state index contributed by atoms with van der Waals surface area (Å²) >= 11 is 0. The van der Waals surface area contributed by atoms with Crippen LogP contribution in [-0.2, 0) is 19.1 Å². The number of likely N-dealkylation sites (tertiary alicyclic amines) is 1. The zero-order valence-corrected chi connectivity index (χ0v) is 24.4. The van der Waals surface area contributed by atoms with E-state index in [-0.39, 0.29) is 30.4 Å². The number of likely N-dealkylation sites (N-methyl/N-ethyl adjacent to an activating group) is 1. The summed E-state index contributed by atoms with van der Waals surface area (Å²) in [5.74, 6) is -2.23. The molecular weight excluding hydrogens is 506 g/mol. The van der Waals surface area contributed by atoms with Gasteiger partial charge in [0.1, 0.15) is 11.6 Å². The van der Waals surface area contributed by atoms with Crippen LogP contribution in [0.2, 0.25) is 0 Å². The topological polar surface area (TPSA) is 90.4 Å². The Labute approximate surface area is 238 Å². The molecule has 7 atom stereocenters. The zero-order chi connectivity index (χ0) is 29.2. The van der Waals surface area contributed by atoms with Gasteiger partial charge in [-0.05, 0) is 38.2 Å². The summed E-state index contributed by atoms with van der Waals surface area (Å²) in [6.07, 6.45) is 6.70. The molecule has 0 saturated carbocycles. The number of carbonyl (C=O) groups is 3. The standard InChI is InChI=1S/C32H45N3O5/c1-7-14-22(5)34(20-9-3)30(39)27-32-18-17-31(10-4,40-32)25(28(37)33(6)19-8-2)26(32)29(38)35(27)24(21-36)23-15-12-11-13-16-23/h8-9,11-13,15-16,22,24-27,36H,2-3,7,10,14,17-21H2,1,4-6H3/t22?,24-,25-,26+,27?,31+,32?/m1/s1. The first-order valence-electron chi connectivity index (χ1n) is 14.6. The highest BCUT2D eigenvalue weighted by Crippen LogP contribution is 2.65. The van der Waals surface area contributed by atoms with Crippen molar-refractivity contribution in [1.82, 2.24) is 14.7 Å². The maximum absolute atomic E-state index is 14.7. The summed E-state index contributed by atoms with van der Waals surface area (Å²) in [6.45, 7) is 14.1. The van der Waals surface area contributed by atoms with Gasteiger partial charge in [0.15, 0.2) is 0 Å². The number of carbonyl (C=O) groups excluding carboxylic acids is 3. The van der Waals surface area contributed by atoms with Crippen LogP contribution in [0.15, 0.2) is 55.6 Å². The number of rotatable bonds is 13. The maximum atomic E-state index is 14.7. The Morgan fingerprint density at radius 3 is 2.40 bits per heavy atom. The summed E-state index contributed by atoms with van der Waals surface area (Å²) < 4.78 is 6.92. The first-order chi connectivity index (χ1) is 19.2. The number of benzene rings is 1. The average Bonchev–Trinajstić information content (AvgIpc) is 3.56. The van der Waals surface area contributed by atoms with E-state index in [0.717, 1.165) is 18.4 Å². The van der Waals surface area contributed by atoms with Gasteiger partial charge in [0, 0.05) is 26.2 Å². The lowest BCUT2D eigenvalue weighted by molar-refractivity contribution is -0.158. The van der Waals surface area contributed by atoms with Crippen molar-refractivity contribution in [2.45, 2.75) is 82.2 Å². The Morgan fingerprint density at radius 1 is 1.15 bits per heavy atom. The number of aliphatic hydroxyl groups excluding tert-OH is 1. The lowest BCUT2D eigenvalue weighted by atomic mass is 9.64. The van der Waals surface area contributed by atoms with Gasteiger partial charge in [-0.25, -0.2) is 0 Å². The van der Waals surface area contributed by atoms with Crippen LogP contribution in [0.3, 0.4) is 0 Å². The van der Waals surface area contributed by atoms with Crippen LogP contribution in [0.5, 0.6) is 0 Å². The molecule has 0 aliphatic carbocycles. The van der Waals surface area contributed by atoms with Crippen LogP contribution in [0.1, 0.15) is 64.5 Å². The van der Waals surface area contributed by atoms with E-state index < -0.39 is 35.1 Å². The van der Waals surface area contributed by atoms with Crippen molar-refractivity contribution in [2.24, 2.45) is 11.8 Å². The predicted octanol–water partition coefficient (Wildman–Crippen LogP) is 3.72. The van der Waals surface area contributed by atoms with Crippen molar-refractivity contribution < 1.29 is 24.2 Å². The van der Waals surface area contributed by atoms with Crippen molar-refractivity contribution in [2.75, 3.05) is 26.7 Å². The molecule has 1 N–H and O–H groups in total. The fraction of sp³-hybridized carbons (Fsp3) is 0.594. The molecule has 3 amide bonds. The normalized spacial score (nSPS) is 30.1. The minimum Gasteiger partial charge on any atom is -0.394 e. The number of aliphatic hydroxyl groups is 1. The van der Waals surface area contributed by atoms with Crippen molar-refractivity contribution in [3.05, 3.63) is 61.2 Å². The van der Waals surface area contributed by atoms with Crippen LogP contribution in [0.25, 0.3) is 0 Å². The van der Waals surface area contributed by atoms with E-state index in [4.69, 9.17) is 4.74 Å². The lowest BCUT2D eigenvalue weighted by Crippen LogP contribution is -2.58. The Bertz CT molecular complexity index is 1120. The molecule has 218 valence electrons. The van der Waals surface area contributed by atoms with Crippen LogP contribution >= 0.6 is 0 Å². The molecule has 8 nitrogen and oxygen atoms in total. The molecule has 0 aromatic heterocycles. The molecule has 3 unspecified atom stereocenters. The van der Waals surface area contributed by atoms with Gasteiger partial charge in [0.2, 0.25) is 17.7 Å². The molecule has 3 aliphatic rings. The zero-order valence-electron chi connectivity index (χ0n) is 24.4. The molecule has 1 spiro atoms. The number of hydrogen-bond donors (Lipinski definition) is 1. The van der Waals surface area contributed by atoms with Crippen molar-refractivity contribution >= 4 is 17.7 Å². The third-order valence-electron chi connectivity index (χ3n) is 9.44. The SMILES string of the molecule is C=CCN(C)C(=O)[C@H]1[C@H]2C(=O)N([C@H](CO)c3ccccc3)C(C(=O)N(CC=C)C(C)CCC)C23CC[C@]1(CC)O3. The minimum absolute atomic E-state index is 0.0814. The van der Waals surface area contributed by atoms with Crippen LogP contribution < -0.4 is 0 Å². The van der Waals surface area contributed by atoms with Crippen LogP contribution in [0.4, 0.5) is 0 Å². The first-order valence-corrected chi connectivity index (χ1v) is 14.6. The molecule has 0 radical (unpaired) electrons. The molecule has 8 heteroatoms. The monoisotopic (exact) mass is 551 g/mol. The van der Waals surface area contributed by atoms with Crippen LogP contribution in [0, 0.1) is 11.8 Å². The molecule has 3 saturated heterocycles. The largest absolute Gasteiger partial charge is 0.394 e. The van der Waals surface area contributed by atoms with E-state index in [1.54, 1.807) is 33.9 Å². The fourth-order valence-corrected chi connectivity index (χ4v) is 7.55. The Morgan fingerprint density at radius 2 is 1.82 bits per heavy atom. The van der Waals surface area contributed by atoms with Crippen molar-refractivity contribution in [1.29, 1.82) is 0 Å². The molecule has 1 aromatic carbocycles. The van der Waals surface area contributed by atoms with E-state index in [2.05, 4.69) is 20.1 Å². The second-order valence-corrected chi connectivity index (χ2v) is 11.6. The highest BCUT2D eigenvalue weighted by atomic mass is 16.5. The molecule has 1 aromatic rings. The third kappa shape index (κ3) is 4.59. The molecular formula is C32H45N3O5. The Balaban J connectivity index is 1.89. The highest BCUT2D eigenvalue weighted by Gasteiger charge is 2.79. The van der Waals surface area contributed by atoms with Crippen molar-refractivity contribution in [3.63, 3.8) is 0 Å². The van der Waals surface area contributed by atoms with Crippen molar-refractivity contribution in [3.8, 4) is 0 Å².